The van der Waals surface area contributed by atoms with E-state index < -0.39 is 5.60 Å². The van der Waals surface area contributed by atoms with Crippen molar-refractivity contribution >= 4 is 17.5 Å². The van der Waals surface area contributed by atoms with E-state index in [1.807, 2.05) is 0 Å². The number of nitrogens with one attached hydrogen (secondary N) is 2. The van der Waals surface area contributed by atoms with Crippen LogP contribution in [0.4, 0.5) is 0 Å². The molecule has 0 aromatic heterocycles. The van der Waals surface area contributed by atoms with E-state index >= 15 is 0 Å². The molecule has 0 unspecified atom stereocenters. The van der Waals surface area contributed by atoms with Gasteiger partial charge in [0.15, 0.2) is 0 Å². The Kier molecular flexibility index (Phi) is 2.91. The second kappa shape index (κ2) is 4.21. The van der Waals surface area contributed by atoms with Crippen LogP contribution in [-0.4, -0.2) is 34.8 Å². The highest BCUT2D eigenvalue weighted by atomic mass is 16.3. The maximum atomic E-state index is 11.6. The second-order valence-electron chi connectivity index (χ2n) is 4.35. The number of nitrogens with zero attached hydrogens (tertiary/aromatic N) is 1. The first-order valence-electron chi connectivity index (χ1n) is 5.45. The molecule has 2 rings (SSSR count). The summed E-state index contributed by atoms with van der Waals surface area (Å²) in [6.07, 6.45) is 3.11. The van der Waals surface area contributed by atoms with Crippen molar-refractivity contribution in [1.82, 2.24) is 10.7 Å². The summed E-state index contributed by atoms with van der Waals surface area (Å²) >= 11 is 0. The molecule has 3 N–H and O–H groups in total. The molecule has 1 fully saturated rings. The fourth-order valence-corrected chi connectivity index (χ4v) is 1.75. The summed E-state index contributed by atoms with van der Waals surface area (Å²) in [4.78, 5) is 22.4. The van der Waals surface area contributed by atoms with Gasteiger partial charge in [-0.3, -0.25) is 9.59 Å². The highest BCUT2D eigenvalue weighted by molar-refractivity contribution is 6.39. The van der Waals surface area contributed by atoms with Crippen LogP contribution >= 0.6 is 0 Å². The van der Waals surface area contributed by atoms with Crippen LogP contribution in [0.15, 0.2) is 5.10 Å². The molecule has 0 radical (unpaired) electrons. The summed E-state index contributed by atoms with van der Waals surface area (Å²) in [5.74, 6) is -0.477. The summed E-state index contributed by atoms with van der Waals surface area (Å²) in [6.45, 7) is 0.263. The molecule has 1 aliphatic heterocycles. The molecule has 6 heteroatoms. The number of carbonyl (C=O) groups is 2. The van der Waals surface area contributed by atoms with Crippen LogP contribution in [0.25, 0.3) is 0 Å². The number of hydrogen-bond acceptors (Lipinski definition) is 4. The zero-order valence-electron chi connectivity index (χ0n) is 8.95. The number of hydrogen-bond donors (Lipinski definition) is 3. The lowest BCUT2D eigenvalue weighted by Crippen LogP contribution is -2.49. The van der Waals surface area contributed by atoms with Crippen molar-refractivity contribution in [2.24, 2.45) is 5.10 Å². The molecule has 0 atom stereocenters. The third-order valence-electron chi connectivity index (χ3n) is 3.03. The Bertz CT molecular complexity index is 347. The number of amides is 2. The van der Waals surface area contributed by atoms with Gasteiger partial charge in [-0.25, -0.2) is 5.43 Å². The minimum absolute atomic E-state index is 0.172. The molecule has 1 aliphatic carbocycles. The Morgan fingerprint density at radius 2 is 2.25 bits per heavy atom. The molecular formula is C10H15N3O3. The van der Waals surface area contributed by atoms with Crippen LogP contribution in [-0.2, 0) is 9.59 Å². The maximum Gasteiger partial charge on any atom is 0.267 e. The minimum Gasteiger partial charge on any atom is -0.388 e. The lowest BCUT2D eigenvalue weighted by atomic mass is 9.80. The highest BCUT2D eigenvalue weighted by Crippen LogP contribution is 2.30. The molecule has 0 bridgehead atoms. The van der Waals surface area contributed by atoms with Gasteiger partial charge in [0, 0.05) is 19.4 Å². The smallest absolute Gasteiger partial charge is 0.267 e. The van der Waals surface area contributed by atoms with E-state index in [1.165, 1.54) is 0 Å². The monoisotopic (exact) mass is 225 g/mol. The van der Waals surface area contributed by atoms with Gasteiger partial charge in [-0.05, 0) is 19.3 Å². The van der Waals surface area contributed by atoms with E-state index in [-0.39, 0.29) is 24.8 Å². The van der Waals surface area contributed by atoms with Crippen molar-refractivity contribution in [2.75, 3.05) is 6.54 Å². The summed E-state index contributed by atoms with van der Waals surface area (Å²) in [5.41, 5.74) is 1.86. The SMILES string of the molecule is O=C1CCC(C(=O)NCC2(O)CCC2)=NN1. The number of aliphatic hydroxyl groups is 1. The van der Waals surface area contributed by atoms with Crippen molar-refractivity contribution in [3.63, 3.8) is 0 Å². The first-order valence-corrected chi connectivity index (χ1v) is 5.45. The van der Waals surface area contributed by atoms with E-state index in [9.17, 15) is 14.7 Å². The van der Waals surface area contributed by atoms with E-state index in [0.717, 1.165) is 19.3 Å². The van der Waals surface area contributed by atoms with Crippen LogP contribution < -0.4 is 10.7 Å². The van der Waals surface area contributed by atoms with Gasteiger partial charge in [-0.15, -0.1) is 0 Å². The lowest BCUT2D eigenvalue weighted by molar-refractivity contribution is -0.121. The molecule has 1 heterocycles. The molecule has 2 amide bonds. The average Bonchev–Trinajstić information content (AvgIpc) is 2.24. The van der Waals surface area contributed by atoms with Gasteiger partial charge in [0.25, 0.3) is 5.91 Å². The van der Waals surface area contributed by atoms with E-state index in [1.54, 1.807) is 0 Å². The first-order chi connectivity index (χ1) is 7.59. The van der Waals surface area contributed by atoms with Crippen molar-refractivity contribution in [3.8, 4) is 0 Å². The van der Waals surface area contributed by atoms with E-state index in [2.05, 4.69) is 15.8 Å². The Morgan fingerprint density at radius 3 is 2.75 bits per heavy atom. The van der Waals surface area contributed by atoms with E-state index in [4.69, 9.17) is 0 Å². The van der Waals surface area contributed by atoms with Crippen LogP contribution in [0.1, 0.15) is 32.1 Å². The van der Waals surface area contributed by atoms with Gasteiger partial charge in [0.2, 0.25) is 5.91 Å². The molecule has 88 valence electrons. The predicted molar refractivity (Wildman–Crippen MR) is 56.6 cm³/mol. The van der Waals surface area contributed by atoms with Gasteiger partial charge >= 0.3 is 0 Å². The average molecular weight is 225 g/mol. The van der Waals surface area contributed by atoms with Gasteiger partial charge in [-0.2, -0.15) is 5.10 Å². The van der Waals surface area contributed by atoms with Crippen molar-refractivity contribution < 1.29 is 14.7 Å². The summed E-state index contributed by atoms with van der Waals surface area (Å²) in [7, 11) is 0. The largest absolute Gasteiger partial charge is 0.388 e. The van der Waals surface area contributed by atoms with Crippen molar-refractivity contribution in [2.45, 2.75) is 37.7 Å². The van der Waals surface area contributed by atoms with Crippen LogP contribution in [0.3, 0.4) is 0 Å². The molecule has 2 aliphatic rings. The topological polar surface area (TPSA) is 90.8 Å². The molecule has 0 aromatic carbocycles. The zero-order valence-corrected chi connectivity index (χ0v) is 8.95. The van der Waals surface area contributed by atoms with Gasteiger partial charge in [0.05, 0.1) is 5.60 Å². The molecule has 1 saturated carbocycles. The summed E-state index contributed by atoms with van der Waals surface area (Å²) < 4.78 is 0. The fourth-order valence-electron chi connectivity index (χ4n) is 1.75. The molecular weight excluding hydrogens is 210 g/mol. The zero-order chi connectivity index (χ0) is 11.6. The third kappa shape index (κ3) is 2.38. The second-order valence-corrected chi connectivity index (χ2v) is 4.35. The van der Waals surface area contributed by atoms with E-state index in [0.29, 0.717) is 12.1 Å². The lowest BCUT2D eigenvalue weighted by Gasteiger charge is -2.36. The third-order valence-corrected chi connectivity index (χ3v) is 3.03. The Hall–Kier alpha value is -1.43. The Morgan fingerprint density at radius 1 is 1.50 bits per heavy atom. The summed E-state index contributed by atoms with van der Waals surface area (Å²) in [6, 6.07) is 0. The quantitative estimate of drug-likeness (QED) is 0.592. The number of carbonyl (C=O) groups excluding carboxylic acids is 2. The summed E-state index contributed by atoms with van der Waals surface area (Å²) in [5, 5.41) is 16.1. The first kappa shape index (κ1) is 11.1. The molecule has 0 saturated heterocycles. The van der Waals surface area contributed by atoms with Gasteiger partial charge < -0.3 is 10.4 Å². The maximum absolute atomic E-state index is 11.6. The number of rotatable bonds is 3. The van der Waals surface area contributed by atoms with Crippen LogP contribution in [0, 0.1) is 0 Å². The van der Waals surface area contributed by atoms with Crippen molar-refractivity contribution in [3.05, 3.63) is 0 Å². The number of hydrazone groups is 1. The van der Waals surface area contributed by atoms with Gasteiger partial charge in [0.1, 0.15) is 5.71 Å². The normalized spacial score (nSPS) is 22.8. The molecule has 6 nitrogen and oxygen atoms in total. The Labute approximate surface area is 93.1 Å². The van der Waals surface area contributed by atoms with Crippen LogP contribution in [0.5, 0.6) is 0 Å². The standard InChI is InChI=1S/C10H15N3O3/c14-8-3-2-7(12-13-8)9(15)11-6-10(16)4-1-5-10/h16H,1-6H2,(H,11,15)(H,13,14). The Balaban J connectivity index is 1.81. The predicted octanol–water partition coefficient (Wildman–Crippen LogP) is -0.716. The van der Waals surface area contributed by atoms with Crippen molar-refractivity contribution in [1.29, 1.82) is 0 Å². The molecule has 0 spiro atoms. The van der Waals surface area contributed by atoms with Crippen LogP contribution in [0.2, 0.25) is 0 Å². The fraction of sp³-hybridized carbons (Fsp3) is 0.700. The molecule has 0 aromatic rings. The minimum atomic E-state index is -0.728. The van der Waals surface area contributed by atoms with Gasteiger partial charge in [-0.1, -0.05) is 0 Å². The molecule has 16 heavy (non-hydrogen) atoms. The highest BCUT2D eigenvalue weighted by Gasteiger charge is 2.34.